The van der Waals surface area contributed by atoms with Crippen LogP contribution >= 0.6 is 22.9 Å². The summed E-state index contributed by atoms with van der Waals surface area (Å²) < 4.78 is 4.91. The first-order valence-corrected chi connectivity index (χ1v) is 6.46. The van der Waals surface area contributed by atoms with Gasteiger partial charge in [0.05, 0.1) is 30.5 Å². The molecule has 0 aliphatic carbocycles. The molecule has 0 aliphatic rings. The van der Waals surface area contributed by atoms with E-state index in [4.69, 9.17) is 16.0 Å². The van der Waals surface area contributed by atoms with Crippen molar-refractivity contribution in [3.8, 4) is 0 Å². The summed E-state index contributed by atoms with van der Waals surface area (Å²) in [6.45, 7) is 0.475. The van der Waals surface area contributed by atoms with E-state index >= 15 is 0 Å². The third-order valence-electron chi connectivity index (χ3n) is 2.12. The van der Waals surface area contributed by atoms with Crippen LogP contribution in [0.5, 0.6) is 0 Å². The molecule has 0 radical (unpaired) electrons. The van der Waals surface area contributed by atoms with Crippen LogP contribution in [-0.2, 0) is 23.6 Å². The number of alkyl halides is 1. The summed E-state index contributed by atoms with van der Waals surface area (Å²) >= 11 is 7.09. The first kappa shape index (κ1) is 12.1. The van der Waals surface area contributed by atoms with Crippen molar-refractivity contribution in [2.24, 2.45) is 0 Å². The van der Waals surface area contributed by atoms with Crippen molar-refractivity contribution < 1.29 is 9.21 Å². The van der Waals surface area contributed by atoms with Gasteiger partial charge in [0.2, 0.25) is 5.91 Å². The number of hydrogen-bond donors (Lipinski definition) is 1. The number of thiazole rings is 1. The Balaban J connectivity index is 1.81. The van der Waals surface area contributed by atoms with Gasteiger partial charge in [0, 0.05) is 17.5 Å². The van der Waals surface area contributed by atoms with Crippen LogP contribution in [0.15, 0.2) is 28.4 Å². The van der Waals surface area contributed by atoms with Gasteiger partial charge < -0.3 is 9.73 Å². The molecular formula is C11H11ClN2O2S. The van der Waals surface area contributed by atoms with Gasteiger partial charge in [-0.15, -0.1) is 22.9 Å². The maximum absolute atomic E-state index is 11.6. The fraction of sp³-hybridized carbons (Fsp3) is 0.273. The number of hydrogen-bond acceptors (Lipinski definition) is 4. The lowest BCUT2D eigenvalue weighted by Gasteiger charge is -2.00. The number of carbonyl (C=O) groups is 1. The lowest BCUT2D eigenvalue weighted by atomic mass is 10.3. The Kier molecular flexibility index (Phi) is 4.17. The van der Waals surface area contributed by atoms with E-state index in [0.29, 0.717) is 18.8 Å². The molecule has 0 fully saturated rings. The summed E-state index contributed by atoms with van der Waals surface area (Å²) in [7, 11) is 0. The largest absolute Gasteiger partial charge is 0.472 e. The first-order valence-electron chi connectivity index (χ1n) is 5.05. The van der Waals surface area contributed by atoms with E-state index < -0.39 is 0 Å². The maximum Gasteiger partial charge on any atom is 0.227 e. The second-order valence-electron chi connectivity index (χ2n) is 3.45. The molecule has 90 valence electrons. The van der Waals surface area contributed by atoms with E-state index in [2.05, 4.69) is 10.3 Å². The Morgan fingerprint density at radius 3 is 3.12 bits per heavy atom. The van der Waals surface area contributed by atoms with Gasteiger partial charge >= 0.3 is 0 Å². The van der Waals surface area contributed by atoms with Crippen LogP contribution in [0.3, 0.4) is 0 Å². The van der Waals surface area contributed by atoms with Crippen LogP contribution in [0.2, 0.25) is 0 Å². The van der Waals surface area contributed by atoms with Gasteiger partial charge in [0.25, 0.3) is 0 Å². The molecule has 0 aromatic carbocycles. The van der Waals surface area contributed by atoms with Crippen LogP contribution in [0.1, 0.15) is 16.3 Å². The summed E-state index contributed by atoms with van der Waals surface area (Å²) in [6.07, 6.45) is 3.48. The van der Waals surface area contributed by atoms with Crippen LogP contribution in [0, 0.1) is 0 Å². The van der Waals surface area contributed by atoms with E-state index in [9.17, 15) is 4.79 Å². The standard InChI is InChI=1S/C11H11ClN2O2S/c12-4-9-7-17-11(14-9)3-10(15)13-5-8-1-2-16-6-8/h1-2,6-7H,3-5H2,(H,13,15). The number of nitrogens with zero attached hydrogens (tertiary/aromatic N) is 1. The minimum absolute atomic E-state index is 0.0540. The van der Waals surface area contributed by atoms with Crippen LogP contribution in [-0.4, -0.2) is 10.9 Å². The summed E-state index contributed by atoms with van der Waals surface area (Å²) in [5, 5.41) is 5.45. The SMILES string of the molecule is O=C(Cc1nc(CCl)cs1)NCc1ccoc1. The van der Waals surface area contributed by atoms with Crippen LogP contribution < -0.4 is 5.32 Å². The molecule has 0 unspecified atom stereocenters. The molecule has 2 rings (SSSR count). The molecule has 0 spiro atoms. The normalized spacial score (nSPS) is 10.4. The third-order valence-corrected chi connectivity index (χ3v) is 3.29. The minimum atomic E-state index is -0.0540. The highest BCUT2D eigenvalue weighted by atomic mass is 35.5. The summed E-state index contributed by atoms with van der Waals surface area (Å²) in [4.78, 5) is 15.8. The molecule has 0 aliphatic heterocycles. The molecule has 6 heteroatoms. The molecule has 1 amide bonds. The van der Waals surface area contributed by atoms with Crippen LogP contribution in [0.25, 0.3) is 0 Å². The number of aromatic nitrogens is 1. The highest BCUT2D eigenvalue weighted by Gasteiger charge is 2.07. The zero-order chi connectivity index (χ0) is 12.1. The van der Waals surface area contributed by atoms with E-state index in [1.165, 1.54) is 11.3 Å². The maximum atomic E-state index is 11.6. The molecule has 4 nitrogen and oxygen atoms in total. The van der Waals surface area contributed by atoms with Crippen LogP contribution in [0.4, 0.5) is 0 Å². The van der Waals surface area contributed by atoms with Gasteiger partial charge in [0.15, 0.2) is 0 Å². The Bertz CT molecular complexity index is 481. The van der Waals surface area contributed by atoms with Gasteiger partial charge in [0.1, 0.15) is 5.01 Å². The van der Waals surface area contributed by atoms with Crippen molar-refractivity contribution in [1.82, 2.24) is 10.3 Å². The topological polar surface area (TPSA) is 55.1 Å². The van der Waals surface area contributed by atoms with Gasteiger partial charge in [-0.25, -0.2) is 4.98 Å². The predicted octanol–water partition coefficient (Wildman–Crippen LogP) is 2.33. The zero-order valence-electron chi connectivity index (χ0n) is 8.98. The monoisotopic (exact) mass is 270 g/mol. The fourth-order valence-corrected chi connectivity index (χ4v) is 2.31. The Morgan fingerprint density at radius 2 is 2.47 bits per heavy atom. The molecule has 2 aromatic rings. The lowest BCUT2D eigenvalue weighted by Crippen LogP contribution is -2.24. The Hall–Kier alpha value is -1.33. The molecule has 2 aromatic heterocycles. The van der Waals surface area contributed by atoms with Gasteiger partial charge in [-0.05, 0) is 6.07 Å². The number of nitrogens with one attached hydrogen (secondary N) is 1. The molecule has 0 saturated heterocycles. The van der Waals surface area contributed by atoms with Gasteiger partial charge in [-0.3, -0.25) is 4.79 Å². The molecular weight excluding hydrogens is 260 g/mol. The Morgan fingerprint density at radius 1 is 1.59 bits per heavy atom. The van der Waals surface area contributed by atoms with E-state index in [1.54, 1.807) is 12.5 Å². The second-order valence-corrected chi connectivity index (χ2v) is 4.66. The average molecular weight is 271 g/mol. The van der Waals surface area contributed by atoms with Crippen molar-refractivity contribution in [2.45, 2.75) is 18.8 Å². The van der Waals surface area contributed by atoms with E-state index in [-0.39, 0.29) is 5.91 Å². The number of carbonyl (C=O) groups excluding carboxylic acids is 1. The second kappa shape index (κ2) is 5.84. The van der Waals surface area contributed by atoms with Crippen molar-refractivity contribution >= 4 is 28.8 Å². The highest BCUT2D eigenvalue weighted by molar-refractivity contribution is 7.09. The lowest BCUT2D eigenvalue weighted by molar-refractivity contribution is -0.120. The highest BCUT2D eigenvalue weighted by Crippen LogP contribution is 2.12. The smallest absolute Gasteiger partial charge is 0.227 e. The number of rotatable bonds is 5. The van der Waals surface area contributed by atoms with Gasteiger partial charge in [-0.1, -0.05) is 0 Å². The molecule has 17 heavy (non-hydrogen) atoms. The quantitative estimate of drug-likeness (QED) is 0.849. The average Bonchev–Trinajstić information content (AvgIpc) is 2.97. The molecule has 0 bridgehead atoms. The first-order chi connectivity index (χ1) is 8.28. The zero-order valence-corrected chi connectivity index (χ0v) is 10.6. The minimum Gasteiger partial charge on any atom is -0.472 e. The summed E-state index contributed by atoms with van der Waals surface area (Å²) in [5.41, 5.74) is 1.76. The van der Waals surface area contributed by atoms with E-state index in [1.807, 2.05) is 11.4 Å². The number of amides is 1. The summed E-state index contributed by atoms with van der Waals surface area (Å²) in [5.74, 6) is 0.328. The molecule has 2 heterocycles. The number of halogens is 1. The third kappa shape index (κ3) is 3.57. The summed E-state index contributed by atoms with van der Waals surface area (Å²) in [6, 6.07) is 1.81. The van der Waals surface area contributed by atoms with Crippen molar-refractivity contribution in [2.75, 3.05) is 0 Å². The molecule has 0 atom stereocenters. The Labute approximate surface area is 108 Å². The molecule has 0 saturated carbocycles. The van der Waals surface area contributed by atoms with Crippen molar-refractivity contribution in [3.05, 3.63) is 40.2 Å². The fourth-order valence-electron chi connectivity index (χ4n) is 1.29. The molecule has 1 N–H and O–H groups in total. The predicted molar refractivity (Wildman–Crippen MR) is 65.9 cm³/mol. The van der Waals surface area contributed by atoms with Crippen molar-refractivity contribution in [1.29, 1.82) is 0 Å². The van der Waals surface area contributed by atoms with Crippen molar-refractivity contribution in [3.63, 3.8) is 0 Å². The number of furan rings is 1. The van der Waals surface area contributed by atoms with Gasteiger partial charge in [-0.2, -0.15) is 0 Å². The van der Waals surface area contributed by atoms with E-state index in [0.717, 1.165) is 16.3 Å².